The number of aliphatic imine (C=N–C) groups is 2. The van der Waals surface area contributed by atoms with Gasteiger partial charge in [0, 0.05) is 0 Å². The lowest BCUT2D eigenvalue weighted by Gasteiger charge is -2.28. The zero-order chi connectivity index (χ0) is 15.5. The van der Waals surface area contributed by atoms with Crippen molar-refractivity contribution in [1.29, 1.82) is 0 Å². The van der Waals surface area contributed by atoms with Crippen LogP contribution in [-0.2, 0) is 21.4 Å². The molecule has 0 fully saturated rings. The highest BCUT2D eigenvalue weighted by Crippen LogP contribution is 2.44. The Labute approximate surface area is 119 Å². The lowest BCUT2D eigenvalue weighted by Crippen LogP contribution is -2.17. The maximum atomic E-state index is 10.7. The van der Waals surface area contributed by atoms with Crippen molar-refractivity contribution in [1.82, 2.24) is 0 Å². The van der Waals surface area contributed by atoms with Crippen molar-refractivity contribution in [2.75, 3.05) is 0 Å². The van der Waals surface area contributed by atoms with E-state index < -0.39 is 0 Å². The molecule has 0 aliphatic heterocycles. The van der Waals surface area contributed by atoms with E-state index in [1.807, 2.05) is 20.8 Å². The van der Waals surface area contributed by atoms with Crippen molar-refractivity contribution in [3.63, 3.8) is 0 Å². The predicted molar refractivity (Wildman–Crippen MR) is 79.6 cm³/mol. The summed E-state index contributed by atoms with van der Waals surface area (Å²) in [5, 5.41) is 0. The van der Waals surface area contributed by atoms with Crippen molar-refractivity contribution in [3.8, 4) is 0 Å². The van der Waals surface area contributed by atoms with Gasteiger partial charge in [-0.05, 0) is 47.9 Å². The fraction of sp³-hybridized carbons (Fsp3) is 0.500. The van der Waals surface area contributed by atoms with Gasteiger partial charge in [-0.3, -0.25) is 0 Å². The summed E-state index contributed by atoms with van der Waals surface area (Å²) < 4.78 is 0. The molecular weight excluding hydrogens is 252 g/mol. The first-order valence-corrected chi connectivity index (χ1v) is 6.61. The highest BCUT2D eigenvalue weighted by molar-refractivity contribution is 5.78. The first kappa shape index (κ1) is 16.0. The summed E-state index contributed by atoms with van der Waals surface area (Å²) in [7, 11) is 0. The van der Waals surface area contributed by atoms with Gasteiger partial charge in [0.1, 0.15) is 11.4 Å². The molecule has 0 atom stereocenters. The lowest BCUT2D eigenvalue weighted by atomic mass is 9.77. The van der Waals surface area contributed by atoms with Crippen LogP contribution in [0.4, 0.5) is 11.4 Å². The molecule has 0 N–H and O–H groups in total. The molecular formula is C16H20N2O2. The number of hydrogen-bond donors (Lipinski definition) is 0. The van der Waals surface area contributed by atoms with Gasteiger partial charge >= 0.3 is 0 Å². The SMILES string of the molecule is CCc1c(N=C=O)c(N=C=O)c(C)c(C)c1C(C)(C)C. The van der Waals surface area contributed by atoms with Crippen LogP contribution < -0.4 is 0 Å². The van der Waals surface area contributed by atoms with E-state index >= 15 is 0 Å². The highest BCUT2D eigenvalue weighted by Gasteiger charge is 2.26. The molecule has 0 unspecified atom stereocenters. The summed E-state index contributed by atoms with van der Waals surface area (Å²) in [5.41, 5.74) is 4.80. The average molecular weight is 272 g/mol. The van der Waals surface area contributed by atoms with Gasteiger partial charge in [0.25, 0.3) is 0 Å². The van der Waals surface area contributed by atoms with Gasteiger partial charge < -0.3 is 0 Å². The summed E-state index contributed by atoms with van der Waals surface area (Å²) in [6.07, 6.45) is 3.82. The Morgan fingerprint density at radius 1 is 0.950 bits per heavy atom. The van der Waals surface area contributed by atoms with E-state index in [-0.39, 0.29) is 5.41 Å². The second kappa shape index (κ2) is 5.96. The molecule has 0 aliphatic rings. The molecule has 0 heterocycles. The van der Waals surface area contributed by atoms with Gasteiger partial charge in [-0.25, -0.2) is 9.59 Å². The molecule has 0 aromatic heterocycles. The van der Waals surface area contributed by atoms with Crippen LogP contribution in [0.25, 0.3) is 0 Å². The van der Waals surface area contributed by atoms with Crippen molar-refractivity contribution in [2.45, 2.75) is 53.4 Å². The zero-order valence-electron chi connectivity index (χ0n) is 12.9. The number of carbonyl (C=O) groups excluding carboxylic acids is 2. The molecule has 0 saturated heterocycles. The van der Waals surface area contributed by atoms with Crippen molar-refractivity contribution in [3.05, 3.63) is 22.3 Å². The topological polar surface area (TPSA) is 58.9 Å². The fourth-order valence-corrected chi connectivity index (χ4v) is 2.74. The fourth-order valence-electron chi connectivity index (χ4n) is 2.74. The van der Waals surface area contributed by atoms with E-state index in [2.05, 4.69) is 30.8 Å². The van der Waals surface area contributed by atoms with E-state index in [4.69, 9.17) is 0 Å². The van der Waals surface area contributed by atoms with Crippen LogP contribution in [0, 0.1) is 13.8 Å². The van der Waals surface area contributed by atoms with Gasteiger partial charge in [0.15, 0.2) is 0 Å². The molecule has 0 radical (unpaired) electrons. The predicted octanol–water partition coefficient (Wildman–Crippen LogP) is 4.10. The monoisotopic (exact) mass is 272 g/mol. The summed E-state index contributed by atoms with van der Waals surface area (Å²) in [5.74, 6) is 0. The number of rotatable bonds is 3. The quantitative estimate of drug-likeness (QED) is 0.614. The Kier molecular flexibility index (Phi) is 4.78. The average Bonchev–Trinajstić information content (AvgIpc) is 2.36. The van der Waals surface area contributed by atoms with Crippen LogP contribution in [0.1, 0.15) is 49.9 Å². The van der Waals surface area contributed by atoms with Crippen LogP contribution in [-0.4, -0.2) is 12.2 Å². The summed E-state index contributed by atoms with van der Waals surface area (Å²) >= 11 is 0. The minimum absolute atomic E-state index is 0.0865. The van der Waals surface area contributed by atoms with Crippen LogP contribution in [0.15, 0.2) is 9.98 Å². The number of nitrogens with zero attached hydrogens (tertiary/aromatic N) is 2. The molecule has 1 rings (SSSR count). The lowest BCUT2D eigenvalue weighted by molar-refractivity contribution is 0.563. The second-order valence-electron chi connectivity index (χ2n) is 5.81. The zero-order valence-corrected chi connectivity index (χ0v) is 12.9. The van der Waals surface area contributed by atoms with E-state index in [1.165, 1.54) is 0 Å². The van der Waals surface area contributed by atoms with E-state index in [1.54, 1.807) is 12.2 Å². The van der Waals surface area contributed by atoms with Gasteiger partial charge in [0.2, 0.25) is 12.2 Å². The first-order valence-electron chi connectivity index (χ1n) is 6.61. The third kappa shape index (κ3) is 2.77. The molecule has 106 valence electrons. The first-order chi connectivity index (χ1) is 9.29. The molecule has 4 nitrogen and oxygen atoms in total. The normalized spacial score (nSPS) is 10.7. The summed E-state index contributed by atoms with van der Waals surface area (Å²) in [4.78, 5) is 28.9. The number of benzene rings is 1. The molecule has 1 aromatic rings. The van der Waals surface area contributed by atoms with Gasteiger partial charge in [-0.15, -0.1) is 0 Å². The minimum atomic E-state index is -0.0865. The molecule has 0 spiro atoms. The van der Waals surface area contributed by atoms with Crippen LogP contribution in [0.2, 0.25) is 0 Å². The van der Waals surface area contributed by atoms with E-state index in [0.717, 1.165) is 22.3 Å². The van der Waals surface area contributed by atoms with E-state index in [0.29, 0.717) is 17.8 Å². The van der Waals surface area contributed by atoms with Crippen LogP contribution >= 0.6 is 0 Å². The smallest absolute Gasteiger partial charge is 0.211 e. The Bertz CT molecular complexity index is 627. The Hall–Kier alpha value is -2.02. The molecule has 0 aliphatic carbocycles. The standard InChI is InChI=1S/C16H20N2O2/c1-7-12-13(16(4,5)6)10(2)11(3)14(17-8-19)15(12)18-9-20/h7H2,1-6H3. The molecule has 20 heavy (non-hydrogen) atoms. The van der Waals surface area contributed by atoms with Crippen molar-refractivity contribution >= 4 is 23.5 Å². The maximum Gasteiger partial charge on any atom is 0.240 e. The van der Waals surface area contributed by atoms with Crippen molar-refractivity contribution in [2.24, 2.45) is 9.98 Å². The van der Waals surface area contributed by atoms with Gasteiger partial charge in [0.05, 0.1) is 0 Å². The molecule has 0 amide bonds. The van der Waals surface area contributed by atoms with Crippen LogP contribution in [0.3, 0.4) is 0 Å². The number of hydrogen-bond acceptors (Lipinski definition) is 4. The van der Waals surface area contributed by atoms with E-state index in [9.17, 15) is 9.59 Å². The van der Waals surface area contributed by atoms with Gasteiger partial charge in [-0.2, -0.15) is 9.98 Å². The molecule has 0 bridgehead atoms. The Balaban J connectivity index is 4.01. The minimum Gasteiger partial charge on any atom is -0.211 e. The third-order valence-corrected chi connectivity index (χ3v) is 3.52. The summed E-state index contributed by atoms with van der Waals surface area (Å²) in [6, 6.07) is 0. The molecule has 4 heteroatoms. The second-order valence-corrected chi connectivity index (χ2v) is 5.81. The molecule has 0 saturated carbocycles. The van der Waals surface area contributed by atoms with Crippen LogP contribution in [0.5, 0.6) is 0 Å². The molecule has 1 aromatic carbocycles. The Morgan fingerprint density at radius 3 is 1.85 bits per heavy atom. The summed E-state index contributed by atoms with van der Waals surface area (Å²) in [6.45, 7) is 12.2. The highest BCUT2D eigenvalue weighted by atomic mass is 16.1. The largest absolute Gasteiger partial charge is 0.240 e. The van der Waals surface area contributed by atoms with Crippen molar-refractivity contribution < 1.29 is 9.59 Å². The number of isocyanates is 2. The van der Waals surface area contributed by atoms with Gasteiger partial charge in [-0.1, -0.05) is 27.7 Å². The third-order valence-electron chi connectivity index (χ3n) is 3.52. The Morgan fingerprint density at radius 2 is 1.45 bits per heavy atom. The maximum absolute atomic E-state index is 10.7.